The van der Waals surface area contributed by atoms with Crippen molar-refractivity contribution < 1.29 is 83.4 Å². The summed E-state index contributed by atoms with van der Waals surface area (Å²) in [5.41, 5.74) is 9.91. The van der Waals surface area contributed by atoms with Gasteiger partial charge in [-0.25, -0.2) is 85.2 Å². The molecule has 3 aliphatic carbocycles. The second-order valence-electron chi connectivity index (χ2n) is 34.0. The van der Waals surface area contributed by atoms with Crippen LogP contribution in [0.15, 0.2) is 218 Å². The molecule has 0 saturated heterocycles. The standard InChI is InChI=1S/C35H29F3N4O3.C35H30F2N4O4.C34H27F3N4O3.C2H3N.CH2Cl2/c1-39-26-10-8-25(28(38)19-26)20-45-33-5-3-4-29(41-33)23-7-6-22(27(37)16-23)18-32-40-30-11-9-24(34(43)44-2)17-31(30)42(32)15-14-35(21-36)12-13-35;1-38-26-10-8-25(28(37)19-26)20-45-33-5-3-4-29(40-33)23-7-6-22(27(36)16-23)18-32-39-30-11-9-24(34(43)44-2)17-31(30)41(32)15-14-35(21-42)12-13-35;1-38-25-9-7-24(27(37)18-25)19-44-32-4-2-3-28(40-32)22-6-5-21(26(36)15-22)17-31-39-29-10-8-23(33(42)43)16-30(29)41(31)14-13-34(20-35)11-12-34;1-2-3;2-1-3/h3-11,16-17,19H,12-15,18,20-21H2,2H3;3-11,16-17,19,42H,12-15,18,20-21H2,2H3;2-10,15-16,18H,11-14,17,19-20H2,(H,42,43);1H3;1H2. The number of carbonyl (C=O) groups is 3. The SMILES string of the molecule is CC#N.ClCCl.[C-]#[N+]c1ccc(COc2cccc(-c3ccc(Cc4nc5ccc(C(=O)O)cc5n4CCC4(CF)CC4)c(F)c3)n2)c(F)c1.[C-]#[N+]c1ccc(COc2cccc(-c3ccc(Cc4nc5ccc(C(=O)OC)cc5n4CCC4(CF)CC4)c(F)c3)n2)c(F)c1.[C-]#[N+]c1ccc(COc2cccc(-c3ccc(Cc4nc5ccc(C(=O)OC)cc5n4CCC4(CO)CC4)c(F)c3)n2)c(F)c1. The van der Waals surface area contributed by atoms with Crippen molar-refractivity contribution >= 4 is 91.3 Å². The number of rotatable bonds is 33. The smallest absolute Gasteiger partial charge is 0.337 e. The van der Waals surface area contributed by atoms with Crippen molar-refractivity contribution in [3.63, 3.8) is 0 Å². The second-order valence-corrected chi connectivity index (χ2v) is 34.8. The monoisotopic (exact) mass is 1940 g/mol. The van der Waals surface area contributed by atoms with Gasteiger partial charge in [0.2, 0.25) is 17.6 Å². The van der Waals surface area contributed by atoms with E-state index in [0.717, 1.165) is 68.7 Å². The van der Waals surface area contributed by atoms with E-state index in [1.54, 1.807) is 146 Å². The lowest BCUT2D eigenvalue weighted by molar-refractivity contribution is 0.0592. The number of alkyl halides is 4. The van der Waals surface area contributed by atoms with E-state index in [0.29, 0.717) is 145 Å². The molecule has 3 aliphatic rings. The van der Waals surface area contributed by atoms with Gasteiger partial charge in [-0.05, 0) is 189 Å². The number of aliphatic hydroxyl groups is 1. The predicted molar refractivity (Wildman–Crippen MR) is 513 cm³/mol. The van der Waals surface area contributed by atoms with Crippen LogP contribution in [0, 0.1) is 82.2 Å². The van der Waals surface area contributed by atoms with Crippen molar-refractivity contribution in [2.45, 2.75) is 123 Å². The number of aromatic nitrogens is 9. The number of nitriles is 1. The Kier molecular flexibility index (Phi) is 32.8. The minimum absolute atomic E-state index is 0.0740. The Morgan fingerprint density at radius 1 is 0.414 bits per heavy atom. The third kappa shape index (κ3) is 24.8. The Morgan fingerprint density at radius 2 is 0.700 bits per heavy atom. The number of nitrogens with zero attached hydrogens (tertiary/aromatic N) is 13. The maximum atomic E-state index is 15.6. The largest absolute Gasteiger partial charge is 0.478 e. The normalized spacial score (nSPS) is 13.0. The molecule has 3 fully saturated rings. The van der Waals surface area contributed by atoms with E-state index >= 15 is 13.2 Å². The number of aromatic carboxylic acids is 1. The van der Waals surface area contributed by atoms with Gasteiger partial charge in [0.05, 0.1) is 126 Å². The zero-order chi connectivity index (χ0) is 99.4. The summed E-state index contributed by atoms with van der Waals surface area (Å²) in [5, 5.41) is 26.9. The van der Waals surface area contributed by atoms with Crippen molar-refractivity contribution in [2.24, 2.45) is 16.2 Å². The number of carbonyl (C=O) groups excluding carboxylic acids is 2. The van der Waals surface area contributed by atoms with Gasteiger partial charge in [-0.2, -0.15) is 5.26 Å². The van der Waals surface area contributed by atoms with E-state index in [9.17, 15) is 46.5 Å². The van der Waals surface area contributed by atoms with Crippen molar-refractivity contribution in [1.29, 1.82) is 5.26 Å². The number of hydrogen-bond donors (Lipinski definition) is 2. The first-order valence-corrected chi connectivity index (χ1v) is 45.5. The minimum Gasteiger partial charge on any atom is -0.478 e. The fourth-order valence-corrected chi connectivity index (χ4v) is 15.9. The first-order valence-electron chi connectivity index (χ1n) is 44.4. The third-order valence-electron chi connectivity index (χ3n) is 24.8. The quantitative estimate of drug-likeness (QED) is 0.0167. The van der Waals surface area contributed by atoms with Crippen LogP contribution in [0.2, 0.25) is 0 Å². The molecule has 0 unspecified atom stereocenters. The van der Waals surface area contributed by atoms with Gasteiger partial charge in [0, 0.05) is 115 Å². The Bertz CT molecular complexity index is 7020. The van der Waals surface area contributed by atoms with Crippen LogP contribution in [-0.4, -0.2) is 111 Å². The maximum absolute atomic E-state index is 15.6. The summed E-state index contributed by atoms with van der Waals surface area (Å²) in [4.78, 5) is 73.3. The molecule has 0 atom stereocenters. The summed E-state index contributed by atoms with van der Waals surface area (Å²) in [6.07, 6.45) is 7.73. The number of halogens is 10. The Labute approximate surface area is 810 Å². The number of methoxy groups -OCH3 is 2. The fourth-order valence-electron chi connectivity index (χ4n) is 15.9. The highest BCUT2D eigenvalue weighted by Crippen LogP contribution is 2.52. The number of aryl methyl sites for hydroxylation is 3. The molecule has 18 rings (SSSR count). The average Bonchev–Trinajstić information content (AvgIpc) is 1.63. The summed E-state index contributed by atoms with van der Waals surface area (Å²) in [5.74, 6) is -2.38. The van der Waals surface area contributed by atoms with E-state index in [1.807, 2.05) is 13.7 Å². The summed E-state index contributed by atoms with van der Waals surface area (Å²) >= 11 is 9.53. The van der Waals surface area contributed by atoms with Crippen LogP contribution in [0.1, 0.15) is 147 Å². The van der Waals surface area contributed by atoms with Crippen LogP contribution in [0.4, 0.5) is 52.2 Å². The Balaban J connectivity index is 0.000000162. The first-order chi connectivity index (χ1) is 67.7. The van der Waals surface area contributed by atoms with E-state index in [4.69, 9.17) is 81.8 Å². The lowest BCUT2D eigenvalue weighted by atomic mass is 10.0. The summed E-state index contributed by atoms with van der Waals surface area (Å²) in [6, 6.07) is 58.9. The predicted octanol–water partition coefficient (Wildman–Crippen LogP) is 25.0. The Hall–Kier alpha value is -15.4. The molecule has 0 aliphatic heterocycles. The lowest BCUT2D eigenvalue weighted by Gasteiger charge is -2.15. The highest BCUT2D eigenvalue weighted by atomic mass is 35.5. The van der Waals surface area contributed by atoms with Crippen molar-refractivity contribution in [1.82, 2.24) is 43.6 Å². The van der Waals surface area contributed by atoms with E-state index in [1.165, 1.54) is 81.8 Å². The van der Waals surface area contributed by atoms with Gasteiger partial charge in [-0.1, -0.05) is 91.0 Å². The minimum atomic E-state index is -1.06. The Morgan fingerprint density at radius 3 is 0.964 bits per heavy atom. The molecule has 33 heteroatoms. The molecule has 2 N–H and O–H groups in total. The number of hydrogen-bond acceptors (Lipinski definition) is 16. The molecule has 714 valence electrons. The van der Waals surface area contributed by atoms with Gasteiger partial charge in [-0.15, -0.1) is 23.2 Å². The lowest BCUT2D eigenvalue weighted by Crippen LogP contribution is -2.13. The number of imidazole rings is 3. The molecule has 0 spiro atoms. The van der Waals surface area contributed by atoms with Crippen LogP contribution in [-0.2, 0) is 68.2 Å². The van der Waals surface area contributed by atoms with Gasteiger partial charge in [0.25, 0.3) is 0 Å². The van der Waals surface area contributed by atoms with Gasteiger partial charge in [0.15, 0.2) is 17.1 Å². The summed E-state index contributed by atoms with van der Waals surface area (Å²) in [7, 11) is 2.65. The molecule has 140 heavy (non-hydrogen) atoms. The third-order valence-corrected chi connectivity index (χ3v) is 24.8. The van der Waals surface area contributed by atoms with Crippen molar-refractivity contribution in [3.8, 4) is 57.5 Å². The van der Waals surface area contributed by atoms with E-state index < -0.39 is 59.5 Å². The molecule has 15 aromatic rings. The molecular weight excluding hydrogens is 1850 g/mol. The van der Waals surface area contributed by atoms with E-state index in [-0.39, 0.29) is 125 Å². The van der Waals surface area contributed by atoms with Crippen molar-refractivity contribution in [3.05, 3.63) is 355 Å². The van der Waals surface area contributed by atoms with Gasteiger partial charge >= 0.3 is 17.9 Å². The molecule has 6 heterocycles. The number of benzene rings is 9. The topological polar surface area (TPSA) is 267 Å². The van der Waals surface area contributed by atoms with Crippen molar-refractivity contribution in [2.75, 3.05) is 39.5 Å². The van der Waals surface area contributed by atoms with Crippen LogP contribution in [0.5, 0.6) is 17.6 Å². The van der Waals surface area contributed by atoms with Gasteiger partial charge < -0.3 is 47.6 Å². The maximum Gasteiger partial charge on any atom is 0.337 e. The number of fused-ring (bicyclic) bond motifs is 3. The molecular formula is C107H91Cl2F8N13O10. The number of carboxylic acids is 1. The first kappa shape index (κ1) is 101. The van der Waals surface area contributed by atoms with Crippen LogP contribution in [0.25, 0.3) is 81.4 Å². The number of ether oxygens (including phenoxy) is 5. The summed E-state index contributed by atoms with van der Waals surface area (Å²) in [6.45, 7) is 23.0. The molecule has 0 amide bonds. The molecule has 0 radical (unpaired) electrons. The van der Waals surface area contributed by atoms with Gasteiger partial charge in [0.1, 0.15) is 72.2 Å². The van der Waals surface area contributed by atoms with Crippen LogP contribution >= 0.6 is 23.2 Å². The molecule has 6 aromatic heterocycles. The number of pyridine rings is 3. The number of carboxylic acid groups (broad SMARTS) is 1. The zero-order valence-corrected chi connectivity index (χ0v) is 77.6. The fraction of sp³-hybridized carbons (Fsp3) is 0.262. The molecule has 23 nitrogen and oxygen atoms in total. The highest BCUT2D eigenvalue weighted by Gasteiger charge is 2.44. The van der Waals surface area contributed by atoms with Gasteiger partial charge in [-0.3, -0.25) is 8.78 Å². The number of aliphatic hydroxyl groups excluding tert-OH is 1. The average molecular weight is 1940 g/mol. The molecule has 9 aromatic carbocycles. The van der Waals surface area contributed by atoms with Crippen LogP contribution in [0.3, 0.4) is 0 Å². The van der Waals surface area contributed by atoms with E-state index in [2.05, 4.69) is 34.5 Å². The van der Waals surface area contributed by atoms with Crippen LogP contribution < -0.4 is 14.2 Å². The molecule has 3 saturated carbocycles. The zero-order valence-electron chi connectivity index (χ0n) is 76.1. The number of esters is 2. The second kappa shape index (κ2) is 45.7. The summed E-state index contributed by atoms with van der Waals surface area (Å²) < 4.78 is 149. The highest BCUT2D eigenvalue weighted by molar-refractivity contribution is 6.40. The molecule has 0 bridgehead atoms.